The molecule has 2 N–H and O–H groups in total. The molecule has 0 heterocycles. The molecule has 4 atom stereocenters. The average molecular weight is 465 g/mol. The van der Waals surface area contributed by atoms with Gasteiger partial charge in [-0.05, 0) is 63.5 Å². The smallest absolute Gasteiger partial charge is 0.306 e. The molecular formula is C27H38F2O4. The summed E-state index contributed by atoms with van der Waals surface area (Å²) in [7, 11) is 0. The minimum Gasteiger partial charge on any atom is -0.463 e. The van der Waals surface area contributed by atoms with Gasteiger partial charge in [-0.25, -0.2) is 8.78 Å². The van der Waals surface area contributed by atoms with E-state index in [9.17, 15) is 23.8 Å². The Morgan fingerprint density at radius 3 is 2.58 bits per heavy atom. The molecule has 33 heavy (non-hydrogen) atoms. The van der Waals surface area contributed by atoms with E-state index >= 15 is 0 Å². The number of alkyl halides is 2. The predicted molar refractivity (Wildman–Crippen MR) is 126 cm³/mol. The van der Waals surface area contributed by atoms with Crippen LogP contribution in [0.3, 0.4) is 0 Å². The topological polar surface area (TPSA) is 66.8 Å². The van der Waals surface area contributed by atoms with Gasteiger partial charge in [-0.15, -0.1) is 0 Å². The number of rotatable bonds is 13. The molecule has 1 aromatic carbocycles. The SMILES string of the molecule is CC(C)OC(=O)CCC/C=C\C[C@@H]1[C@@H](/C=C/C(F)(F)CCCc2ccccc2)[C@H](O)C[C@@H]1O. The number of carbonyl (C=O) groups is 1. The molecule has 1 aromatic rings. The summed E-state index contributed by atoms with van der Waals surface area (Å²) in [6.45, 7) is 3.62. The fourth-order valence-electron chi connectivity index (χ4n) is 4.27. The molecule has 0 unspecified atom stereocenters. The van der Waals surface area contributed by atoms with Crippen LogP contribution in [0.2, 0.25) is 0 Å². The number of ether oxygens (including phenoxy) is 1. The average Bonchev–Trinajstić information content (AvgIpc) is 3.01. The Kier molecular flexibility index (Phi) is 11.2. The van der Waals surface area contributed by atoms with Crippen molar-refractivity contribution in [1.82, 2.24) is 0 Å². The zero-order valence-electron chi connectivity index (χ0n) is 19.7. The lowest BCUT2D eigenvalue weighted by atomic mass is 9.89. The Morgan fingerprint density at radius 2 is 1.88 bits per heavy atom. The van der Waals surface area contributed by atoms with Crippen molar-refractivity contribution < 1.29 is 28.5 Å². The largest absolute Gasteiger partial charge is 0.463 e. The minimum atomic E-state index is -2.95. The molecule has 4 nitrogen and oxygen atoms in total. The van der Waals surface area contributed by atoms with Gasteiger partial charge >= 0.3 is 5.97 Å². The number of hydrogen-bond donors (Lipinski definition) is 2. The lowest BCUT2D eigenvalue weighted by Crippen LogP contribution is -2.21. The predicted octanol–water partition coefficient (Wildman–Crippen LogP) is 5.63. The summed E-state index contributed by atoms with van der Waals surface area (Å²) in [6.07, 6.45) is 7.53. The van der Waals surface area contributed by atoms with Gasteiger partial charge in [0.25, 0.3) is 5.92 Å². The molecule has 1 aliphatic carbocycles. The van der Waals surface area contributed by atoms with E-state index < -0.39 is 24.0 Å². The van der Waals surface area contributed by atoms with Crippen molar-refractivity contribution in [2.45, 2.75) is 89.4 Å². The first kappa shape index (κ1) is 27.2. The quantitative estimate of drug-likeness (QED) is 0.226. The van der Waals surface area contributed by atoms with Gasteiger partial charge in [-0.2, -0.15) is 0 Å². The third-order valence-corrected chi connectivity index (χ3v) is 5.99. The highest BCUT2D eigenvalue weighted by atomic mass is 19.3. The minimum absolute atomic E-state index is 0.121. The molecule has 0 aliphatic heterocycles. The third kappa shape index (κ3) is 10.2. The molecule has 0 saturated heterocycles. The fourth-order valence-corrected chi connectivity index (χ4v) is 4.27. The van der Waals surface area contributed by atoms with Crippen LogP contribution in [0, 0.1) is 11.8 Å². The van der Waals surface area contributed by atoms with Gasteiger partial charge < -0.3 is 14.9 Å². The number of hydrogen-bond acceptors (Lipinski definition) is 4. The molecule has 0 amide bonds. The second-order valence-corrected chi connectivity index (χ2v) is 9.21. The summed E-state index contributed by atoms with van der Waals surface area (Å²) in [5.41, 5.74) is 1.04. The molecule has 1 fully saturated rings. The fraction of sp³-hybridized carbons (Fsp3) is 0.593. The number of allylic oxidation sites excluding steroid dienone is 3. The number of halogens is 2. The van der Waals surface area contributed by atoms with E-state index in [1.165, 1.54) is 6.08 Å². The number of esters is 1. The van der Waals surface area contributed by atoms with Crippen molar-refractivity contribution in [2.24, 2.45) is 11.8 Å². The number of aliphatic hydroxyl groups excluding tert-OH is 2. The molecule has 6 heteroatoms. The first-order chi connectivity index (χ1) is 15.7. The Hall–Kier alpha value is -2.05. The summed E-state index contributed by atoms with van der Waals surface area (Å²) >= 11 is 0. The van der Waals surface area contributed by atoms with Crippen LogP contribution in [0.1, 0.15) is 64.4 Å². The first-order valence-electron chi connectivity index (χ1n) is 12.0. The highest BCUT2D eigenvalue weighted by molar-refractivity contribution is 5.69. The second kappa shape index (κ2) is 13.6. The van der Waals surface area contributed by atoms with Gasteiger partial charge in [-0.3, -0.25) is 4.79 Å². The summed E-state index contributed by atoms with van der Waals surface area (Å²) in [5.74, 6) is -3.99. The van der Waals surface area contributed by atoms with E-state index in [-0.39, 0.29) is 30.8 Å². The summed E-state index contributed by atoms with van der Waals surface area (Å²) in [4.78, 5) is 11.5. The Balaban J connectivity index is 1.80. The highest BCUT2D eigenvalue weighted by Crippen LogP contribution is 2.37. The van der Waals surface area contributed by atoms with E-state index in [0.717, 1.165) is 11.6 Å². The van der Waals surface area contributed by atoms with Gasteiger partial charge in [-0.1, -0.05) is 48.6 Å². The molecule has 0 aromatic heterocycles. The van der Waals surface area contributed by atoms with Gasteiger partial charge in [0.15, 0.2) is 0 Å². The molecule has 184 valence electrons. The Labute approximate surface area is 196 Å². The normalized spacial score (nSPS) is 23.7. The van der Waals surface area contributed by atoms with Crippen LogP contribution < -0.4 is 0 Å². The van der Waals surface area contributed by atoms with Gasteiger partial charge in [0, 0.05) is 25.2 Å². The van der Waals surface area contributed by atoms with E-state index in [0.29, 0.717) is 38.5 Å². The van der Waals surface area contributed by atoms with E-state index in [1.54, 1.807) is 0 Å². The second-order valence-electron chi connectivity index (χ2n) is 9.21. The van der Waals surface area contributed by atoms with Gasteiger partial charge in [0.1, 0.15) is 0 Å². The van der Waals surface area contributed by atoms with E-state index in [4.69, 9.17) is 4.74 Å². The molecular weight excluding hydrogens is 426 g/mol. The number of aliphatic hydroxyl groups is 2. The maximum absolute atomic E-state index is 14.4. The van der Waals surface area contributed by atoms with Crippen LogP contribution in [0.4, 0.5) is 8.78 Å². The molecule has 2 rings (SSSR count). The highest BCUT2D eigenvalue weighted by Gasteiger charge is 2.40. The van der Waals surface area contributed by atoms with Crippen LogP contribution in [-0.4, -0.2) is 40.4 Å². The first-order valence-corrected chi connectivity index (χ1v) is 12.0. The lowest BCUT2D eigenvalue weighted by Gasteiger charge is -2.20. The van der Waals surface area contributed by atoms with Crippen LogP contribution >= 0.6 is 0 Å². The molecule has 0 spiro atoms. The number of unbranched alkanes of at least 4 members (excludes halogenated alkanes) is 1. The third-order valence-electron chi connectivity index (χ3n) is 5.99. The number of carbonyl (C=O) groups excluding carboxylic acids is 1. The molecule has 1 saturated carbocycles. The summed E-state index contributed by atoms with van der Waals surface area (Å²) in [5, 5.41) is 20.6. The van der Waals surface area contributed by atoms with Crippen LogP contribution in [0.25, 0.3) is 0 Å². The van der Waals surface area contributed by atoms with Gasteiger partial charge in [0.05, 0.1) is 18.3 Å². The standard InChI is InChI=1S/C27H38F2O4/c1-20(2)33-26(32)15-9-4-3-8-14-22-23(25(31)19-24(22)30)16-18-27(28,29)17-10-13-21-11-6-5-7-12-21/h3,5-8,11-12,16,18,20,22-25,30-31H,4,9-10,13-15,17,19H2,1-2H3/b8-3-,18-16+/t22-,23-,24+,25-/m1/s1. The number of aryl methyl sites for hydroxylation is 1. The Bertz CT molecular complexity index is 761. The number of benzene rings is 1. The zero-order valence-corrected chi connectivity index (χ0v) is 19.7. The van der Waals surface area contributed by atoms with Crippen LogP contribution in [0.5, 0.6) is 0 Å². The van der Waals surface area contributed by atoms with Crippen molar-refractivity contribution >= 4 is 5.97 Å². The van der Waals surface area contributed by atoms with Crippen molar-refractivity contribution in [1.29, 1.82) is 0 Å². The van der Waals surface area contributed by atoms with Gasteiger partial charge in [0.2, 0.25) is 0 Å². The Morgan fingerprint density at radius 1 is 1.15 bits per heavy atom. The van der Waals surface area contributed by atoms with Crippen molar-refractivity contribution in [2.75, 3.05) is 0 Å². The van der Waals surface area contributed by atoms with Crippen LogP contribution in [-0.2, 0) is 16.0 Å². The van der Waals surface area contributed by atoms with E-state index in [2.05, 4.69) is 0 Å². The van der Waals surface area contributed by atoms with E-state index in [1.807, 2.05) is 56.3 Å². The molecule has 0 bridgehead atoms. The zero-order chi connectivity index (χ0) is 24.3. The lowest BCUT2D eigenvalue weighted by molar-refractivity contribution is -0.147. The summed E-state index contributed by atoms with van der Waals surface area (Å²) in [6, 6.07) is 9.56. The summed E-state index contributed by atoms with van der Waals surface area (Å²) < 4.78 is 33.9. The molecule has 1 aliphatic rings. The molecule has 0 radical (unpaired) electrons. The maximum Gasteiger partial charge on any atom is 0.306 e. The maximum atomic E-state index is 14.4. The van der Waals surface area contributed by atoms with Crippen molar-refractivity contribution in [3.8, 4) is 0 Å². The monoisotopic (exact) mass is 464 g/mol. The van der Waals surface area contributed by atoms with Crippen molar-refractivity contribution in [3.63, 3.8) is 0 Å². The van der Waals surface area contributed by atoms with Crippen molar-refractivity contribution in [3.05, 3.63) is 60.2 Å². The van der Waals surface area contributed by atoms with Crippen LogP contribution in [0.15, 0.2) is 54.6 Å².